The third-order valence-electron chi connectivity index (χ3n) is 4.77. The number of H-pyrrole nitrogens is 1. The van der Waals surface area contributed by atoms with Gasteiger partial charge in [0.25, 0.3) is 0 Å². The van der Waals surface area contributed by atoms with E-state index in [2.05, 4.69) is 44.8 Å². The van der Waals surface area contributed by atoms with Crippen LogP contribution >= 0.6 is 0 Å². The first-order valence-electron chi connectivity index (χ1n) is 9.06. The van der Waals surface area contributed by atoms with Crippen molar-refractivity contribution in [2.75, 3.05) is 7.11 Å². The Kier molecular flexibility index (Phi) is 3.91. The van der Waals surface area contributed by atoms with Crippen LogP contribution in [-0.4, -0.2) is 26.5 Å². The lowest BCUT2D eigenvalue weighted by Gasteiger charge is -2.09. The minimum absolute atomic E-state index is 0.702. The van der Waals surface area contributed by atoms with Crippen LogP contribution in [0.2, 0.25) is 0 Å². The Morgan fingerprint density at radius 3 is 2.25 bits per heavy atom. The summed E-state index contributed by atoms with van der Waals surface area (Å²) >= 11 is 0. The van der Waals surface area contributed by atoms with Gasteiger partial charge in [-0.25, -0.2) is 9.97 Å². The molecule has 0 saturated heterocycles. The molecule has 0 unspecified atom stereocenters. The van der Waals surface area contributed by atoms with Crippen molar-refractivity contribution in [3.8, 4) is 39.7 Å². The molecule has 136 valence electrons. The molecule has 1 N–H and O–H groups in total. The third kappa shape index (κ3) is 2.65. The molecule has 3 aromatic heterocycles. The van der Waals surface area contributed by atoms with E-state index < -0.39 is 0 Å². The van der Waals surface area contributed by atoms with Crippen LogP contribution in [0, 0.1) is 0 Å². The molecule has 0 spiro atoms. The van der Waals surface area contributed by atoms with E-state index in [9.17, 15) is 0 Å². The molecule has 5 aromatic rings. The van der Waals surface area contributed by atoms with Crippen molar-refractivity contribution < 1.29 is 4.74 Å². The van der Waals surface area contributed by atoms with Gasteiger partial charge in [-0.3, -0.25) is 4.40 Å². The minimum Gasteiger partial charge on any atom is -0.493 e. The average molecular weight is 366 g/mol. The van der Waals surface area contributed by atoms with Crippen molar-refractivity contribution >= 4 is 5.65 Å². The second-order valence-electron chi connectivity index (χ2n) is 6.47. The van der Waals surface area contributed by atoms with Crippen molar-refractivity contribution in [3.05, 3.63) is 85.3 Å². The summed E-state index contributed by atoms with van der Waals surface area (Å²) in [5.74, 6) is 1.49. The van der Waals surface area contributed by atoms with Crippen LogP contribution in [0.15, 0.2) is 85.3 Å². The van der Waals surface area contributed by atoms with E-state index in [0.717, 1.165) is 39.5 Å². The topological polar surface area (TPSA) is 55.2 Å². The summed E-state index contributed by atoms with van der Waals surface area (Å²) in [6, 6.07) is 22.5. The maximum atomic E-state index is 5.68. The van der Waals surface area contributed by atoms with Gasteiger partial charge in [0, 0.05) is 35.3 Å². The molecule has 5 rings (SSSR count). The van der Waals surface area contributed by atoms with Gasteiger partial charge in [-0.15, -0.1) is 0 Å². The van der Waals surface area contributed by atoms with Crippen molar-refractivity contribution in [2.24, 2.45) is 0 Å². The molecule has 2 aromatic carbocycles. The van der Waals surface area contributed by atoms with E-state index in [1.807, 2.05) is 48.7 Å². The molecule has 0 aliphatic rings. The van der Waals surface area contributed by atoms with Crippen molar-refractivity contribution in [1.82, 2.24) is 19.4 Å². The Labute approximate surface area is 162 Å². The summed E-state index contributed by atoms with van der Waals surface area (Å²) in [5, 5.41) is 0. The normalized spacial score (nSPS) is 11.0. The smallest absolute Gasteiger partial charge is 0.180 e. The van der Waals surface area contributed by atoms with Crippen LogP contribution in [0.1, 0.15) is 0 Å². The van der Waals surface area contributed by atoms with Gasteiger partial charge >= 0.3 is 0 Å². The minimum atomic E-state index is 0.702. The number of hydrogen-bond donors (Lipinski definition) is 1. The molecule has 5 nitrogen and oxygen atoms in total. The molecule has 0 bridgehead atoms. The average Bonchev–Trinajstić information content (AvgIpc) is 3.42. The highest BCUT2D eigenvalue weighted by atomic mass is 16.5. The highest BCUT2D eigenvalue weighted by Gasteiger charge is 2.19. The number of ether oxygens (including phenoxy) is 1. The molecule has 5 heteroatoms. The van der Waals surface area contributed by atoms with Crippen molar-refractivity contribution in [2.45, 2.75) is 0 Å². The van der Waals surface area contributed by atoms with E-state index in [-0.39, 0.29) is 0 Å². The Balaban J connectivity index is 1.87. The maximum Gasteiger partial charge on any atom is 0.180 e. The first kappa shape index (κ1) is 16.3. The van der Waals surface area contributed by atoms with Gasteiger partial charge in [0.2, 0.25) is 0 Å². The molecule has 28 heavy (non-hydrogen) atoms. The standard InChI is InChI=1S/C23H18N4O/c1-28-19-14-18(22-24-12-13-25-22)15-27-21(17-10-6-3-7-11-17)20(26-23(19)27)16-8-4-2-5-9-16/h2-15H,1H3,(H,24,25). The molecule has 0 saturated carbocycles. The Morgan fingerprint density at radius 1 is 0.893 bits per heavy atom. The number of hydrogen-bond acceptors (Lipinski definition) is 3. The number of fused-ring (bicyclic) bond motifs is 1. The number of nitrogens with zero attached hydrogens (tertiary/aromatic N) is 3. The van der Waals surface area contributed by atoms with Gasteiger partial charge in [0.15, 0.2) is 11.4 Å². The van der Waals surface area contributed by atoms with E-state index in [4.69, 9.17) is 9.72 Å². The second-order valence-corrected chi connectivity index (χ2v) is 6.47. The highest BCUT2D eigenvalue weighted by molar-refractivity contribution is 5.84. The van der Waals surface area contributed by atoms with Crippen LogP contribution in [0.4, 0.5) is 0 Å². The summed E-state index contributed by atoms with van der Waals surface area (Å²) in [6.45, 7) is 0. The van der Waals surface area contributed by atoms with Gasteiger partial charge in [-0.1, -0.05) is 60.7 Å². The lowest BCUT2D eigenvalue weighted by Crippen LogP contribution is -1.95. The number of rotatable bonds is 4. The van der Waals surface area contributed by atoms with E-state index >= 15 is 0 Å². The number of imidazole rings is 2. The molecule has 0 aliphatic carbocycles. The van der Waals surface area contributed by atoms with Gasteiger partial charge in [-0.2, -0.15) is 0 Å². The molecule has 0 aliphatic heterocycles. The first-order chi connectivity index (χ1) is 13.8. The van der Waals surface area contributed by atoms with E-state index in [1.165, 1.54) is 0 Å². The van der Waals surface area contributed by atoms with Gasteiger partial charge in [0.1, 0.15) is 5.82 Å². The fourth-order valence-corrected chi connectivity index (χ4v) is 3.49. The van der Waals surface area contributed by atoms with Gasteiger partial charge < -0.3 is 9.72 Å². The summed E-state index contributed by atoms with van der Waals surface area (Å²) in [4.78, 5) is 12.5. The largest absolute Gasteiger partial charge is 0.493 e. The fourth-order valence-electron chi connectivity index (χ4n) is 3.49. The first-order valence-corrected chi connectivity index (χ1v) is 9.06. The molecule has 3 heterocycles. The zero-order valence-corrected chi connectivity index (χ0v) is 15.3. The number of nitrogens with one attached hydrogen (secondary N) is 1. The number of methoxy groups -OCH3 is 1. The second kappa shape index (κ2) is 6.70. The molecule has 0 radical (unpaired) electrons. The third-order valence-corrected chi connectivity index (χ3v) is 4.77. The predicted molar refractivity (Wildman–Crippen MR) is 110 cm³/mol. The lowest BCUT2D eigenvalue weighted by molar-refractivity contribution is 0.417. The zero-order chi connectivity index (χ0) is 18.9. The van der Waals surface area contributed by atoms with Crippen LogP contribution < -0.4 is 4.74 Å². The quantitative estimate of drug-likeness (QED) is 0.483. The Morgan fingerprint density at radius 2 is 1.61 bits per heavy atom. The summed E-state index contributed by atoms with van der Waals surface area (Å²) in [5.41, 5.74) is 5.80. The fraction of sp³-hybridized carbons (Fsp3) is 0.0435. The Bertz CT molecular complexity index is 1230. The van der Waals surface area contributed by atoms with Gasteiger partial charge in [-0.05, 0) is 6.07 Å². The highest BCUT2D eigenvalue weighted by Crippen LogP contribution is 2.37. The lowest BCUT2D eigenvalue weighted by atomic mass is 10.0. The molecule has 0 atom stereocenters. The maximum absolute atomic E-state index is 5.68. The molecular weight excluding hydrogens is 348 g/mol. The van der Waals surface area contributed by atoms with Gasteiger partial charge in [0.05, 0.1) is 18.5 Å². The Hall–Kier alpha value is -3.86. The SMILES string of the molecule is COc1cc(-c2ncc[nH]2)cn2c(-c3ccccc3)c(-c3ccccc3)nc12. The molecule has 0 amide bonds. The van der Waals surface area contributed by atoms with Crippen molar-refractivity contribution in [1.29, 1.82) is 0 Å². The number of aromatic amines is 1. The van der Waals surface area contributed by atoms with Crippen LogP contribution in [-0.2, 0) is 0 Å². The molecular formula is C23H18N4O. The summed E-state index contributed by atoms with van der Waals surface area (Å²) < 4.78 is 7.77. The number of aromatic nitrogens is 4. The van der Waals surface area contributed by atoms with E-state index in [1.54, 1.807) is 13.3 Å². The van der Waals surface area contributed by atoms with Crippen LogP contribution in [0.5, 0.6) is 5.75 Å². The van der Waals surface area contributed by atoms with Crippen molar-refractivity contribution in [3.63, 3.8) is 0 Å². The van der Waals surface area contributed by atoms with Crippen LogP contribution in [0.3, 0.4) is 0 Å². The molecule has 0 fully saturated rings. The summed E-state index contributed by atoms with van der Waals surface area (Å²) in [6.07, 6.45) is 5.61. The van der Waals surface area contributed by atoms with E-state index in [0.29, 0.717) is 5.75 Å². The number of pyridine rings is 1. The summed E-state index contributed by atoms with van der Waals surface area (Å²) in [7, 11) is 1.67. The van der Waals surface area contributed by atoms with Crippen LogP contribution in [0.25, 0.3) is 39.5 Å². The monoisotopic (exact) mass is 366 g/mol. The zero-order valence-electron chi connectivity index (χ0n) is 15.3. The predicted octanol–water partition coefficient (Wildman–Crippen LogP) is 5.07. The number of benzene rings is 2.